The summed E-state index contributed by atoms with van der Waals surface area (Å²) in [4.78, 5) is 15.9. The largest absolute Gasteiger partial charge is 0.294 e. The number of halogens is 1. The molecule has 3 rings (SSSR count). The third kappa shape index (κ3) is 1.75. The molecule has 0 aliphatic heterocycles. The number of hydrogen-bond donors (Lipinski definition) is 0. The number of fused-ring (bicyclic) bond motifs is 1. The van der Waals surface area contributed by atoms with Crippen molar-refractivity contribution in [2.75, 3.05) is 0 Å². The average Bonchev–Trinajstić information content (AvgIpc) is 2.68. The highest BCUT2D eigenvalue weighted by atomic mass is 35.5. The second-order valence-electron chi connectivity index (χ2n) is 4.19. The molecule has 0 saturated heterocycles. The van der Waals surface area contributed by atoms with Crippen LogP contribution in [0.3, 0.4) is 0 Å². The normalized spacial score (nSPS) is 18.2. The molecule has 2 nitrogen and oxygen atoms in total. The van der Waals surface area contributed by atoms with Gasteiger partial charge in [0.15, 0.2) is 5.78 Å². The second-order valence-corrected chi connectivity index (χ2v) is 4.63. The predicted octanol–water partition coefficient (Wildman–Crippen LogP) is 3.45. The molecule has 1 aromatic heterocycles. The van der Waals surface area contributed by atoms with E-state index in [0.717, 1.165) is 16.7 Å². The molecule has 1 aliphatic rings. The number of ketones is 1. The second kappa shape index (κ2) is 3.97. The van der Waals surface area contributed by atoms with Crippen molar-refractivity contribution in [3.8, 4) is 0 Å². The zero-order chi connectivity index (χ0) is 11.8. The van der Waals surface area contributed by atoms with Crippen LogP contribution in [-0.4, -0.2) is 10.8 Å². The Hall–Kier alpha value is -1.67. The quantitative estimate of drug-likeness (QED) is 0.768. The van der Waals surface area contributed by atoms with E-state index in [2.05, 4.69) is 4.98 Å². The van der Waals surface area contributed by atoms with E-state index in [1.54, 1.807) is 18.5 Å². The molecule has 0 bridgehead atoms. The van der Waals surface area contributed by atoms with Gasteiger partial charge < -0.3 is 0 Å². The molecule has 0 N–H and O–H groups in total. The molecule has 0 spiro atoms. The van der Waals surface area contributed by atoms with E-state index in [9.17, 15) is 4.79 Å². The van der Waals surface area contributed by atoms with Crippen LogP contribution in [0.1, 0.15) is 33.8 Å². The topological polar surface area (TPSA) is 30.0 Å². The van der Waals surface area contributed by atoms with Crippen molar-refractivity contribution in [1.29, 1.82) is 0 Å². The molecule has 84 valence electrons. The molecule has 3 heteroatoms. The SMILES string of the molecule is O=C1CC(c2ccncc2)c2ccc(Cl)cc21. The van der Waals surface area contributed by atoms with Gasteiger partial charge in [0.05, 0.1) is 0 Å². The van der Waals surface area contributed by atoms with Crippen LogP contribution in [0.4, 0.5) is 0 Å². The van der Waals surface area contributed by atoms with E-state index in [0.29, 0.717) is 11.4 Å². The summed E-state index contributed by atoms with van der Waals surface area (Å²) in [6, 6.07) is 9.48. The molecule has 1 atom stereocenters. The van der Waals surface area contributed by atoms with Crippen LogP contribution in [0.2, 0.25) is 5.02 Å². The van der Waals surface area contributed by atoms with Gasteiger partial charge in [0.25, 0.3) is 0 Å². The molecular weight excluding hydrogens is 234 g/mol. The number of hydrogen-bond acceptors (Lipinski definition) is 2. The van der Waals surface area contributed by atoms with Gasteiger partial charge in [0.1, 0.15) is 0 Å². The zero-order valence-corrected chi connectivity index (χ0v) is 9.82. The van der Waals surface area contributed by atoms with E-state index in [-0.39, 0.29) is 11.7 Å². The number of benzene rings is 1. The molecule has 0 radical (unpaired) electrons. The van der Waals surface area contributed by atoms with Crippen molar-refractivity contribution >= 4 is 17.4 Å². The number of nitrogens with zero attached hydrogens (tertiary/aromatic N) is 1. The molecule has 1 aromatic carbocycles. The lowest BCUT2D eigenvalue weighted by Gasteiger charge is -2.10. The molecular formula is C14H10ClNO. The van der Waals surface area contributed by atoms with Crippen molar-refractivity contribution in [2.24, 2.45) is 0 Å². The first-order valence-corrected chi connectivity index (χ1v) is 5.86. The Labute approximate surface area is 104 Å². The third-order valence-electron chi connectivity index (χ3n) is 3.19. The van der Waals surface area contributed by atoms with Gasteiger partial charge in [-0.25, -0.2) is 0 Å². The maximum Gasteiger partial charge on any atom is 0.164 e. The van der Waals surface area contributed by atoms with Crippen LogP contribution in [0.15, 0.2) is 42.7 Å². The summed E-state index contributed by atoms with van der Waals surface area (Å²) in [5, 5.41) is 0.618. The van der Waals surface area contributed by atoms with Gasteiger partial charge in [-0.05, 0) is 35.4 Å². The van der Waals surface area contributed by atoms with Gasteiger partial charge in [-0.1, -0.05) is 17.7 Å². The van der Waals surface area contributed by atoms with Crippen LogP contribution in [0.5, 0.6) is 0 Å². The molecule has 2 aromatic rings. The first-order chi connectivity index (χ1) is 8.25. The van der Waals surface area contributed by atoms with Crippen LogP contribution >= 0.6 is 11.6 Å². The van der Waals surface area contributed by atoms with Crippen molar-refractivity contribution in [1.82, 2.24) is 4.98 Å². The van der Waals surface area contributed by atoms with Gasteiger partial charge >= 0.3 is 0 Å². The predicted molar refractivity (Wildman–Crippen MR) is 66.5 cm³/mol. The first-order valence-electron chi connectivity index (χ1n) is 5.48. The maximum absolute atomic E-state index is 11.9. The summed E-state index contributed by atoms with van der Waals surface area (Å²) in [6.07, 6.45) is 4.04. The van der Waals surface area contributed by atoms with Crippen molar-refractivity contribution in [3.05, 3.63) is 64.4 Å². The van der Waals surface area contributed by atoms with Gasteiger partial charge in [-0.3, -0.25) is 9.78 Å². The Balaban J connectivity index is 2.11. The number of pyridine rings is 1. The minimum Gasteiger partial charge on any atom is -0.294 e. The fourth-order valence-electron chi connectivity index (χ4n) is 2.37. The standard InChI is InChI=1S/C14H10ClNO/c15-10-1-2-11-12(8-14(17)13(11)7-10)9-3-5-16-6-4-9/h1-7,12H,8H2. The average molecular weight is 244 g/mol. The summed E-state index contributed by atoms with van der Waals surface area (Å²) in [6.45, 7) is 0. The molecule has 1 heterocycles. The summed E-state index contributed by atoms with van der Waals surface area (Å²) in [5.41, 5.74) is 2.97. The summed E-state index contributed by atoms with van der Waals surface area (Å²) in [7, 11) is 0. The van der Waals surface area contributed by atoms with Gasteiger partial charge in [0.2, 0.25) is 0 Å². The van der Waals surface area contributed by atoms with E-state index in [1.807, 2.05) is 24.3 Å². The van der Waals surface area contributed by atoms with Crippen LogP contribution < -0.4 is 0 Å². The lowest BCUT2D eigenvalue weighted by Crippen LogP contribution is -1.96. The smallest absolute Gasteiger partial charge is 0.164 e. The highest BCUT2D eigenvalue weighted by molar-refractivity contribution is 6.31. The van der Waals surface area contributed by atoms with Crippen molar-refractivity contribution < 1.29 is 4.79 Å². The molecule has 0 saturated carbocycles. The lowest BCUT2D eigenvalue weighted by atomic mass is 9.94. The lowest BCUT2D eigenvalue weighted by molar-refractivity contribution is 0.0991. The van der Waals surface area contributed by atoms with Crippen LogP contribution in [0, 0.1) is 0 Å². The first kappa shape index (κ1) is 10.5. The van der Waals surface area contributed by atoms with Gasteiger partial charge in [0, 0.05) is 35.3 Å². The fourth-order valence-corrected chi connectivity index (χ4v) is 2.54. The Morgan fingerprint density at radius 1 is 1.18 bits per heavy atom. The Kier molecular flexibility index (Phi) is 2.45. The monoisotopic (exact) mass is 243 g/mol. The Bertz CT molecular complexity index is 580. The zero-order valence-electron chi connectivity index (χ0n) is 9.06. The molecule has 1 unspecified atom stereocenters. The number of carbonyl (C=O) groups excluding carboxylic acids is 1. The van der Waals surface area contributed by atoms with E-state index in [4.69, 9.17) is 11.6 Å². The minimum atomic E-state index is 0.151. The molecule has 17 heavy (non-hydrogen) atoms. The highest BCUT2D eigenvalue weighted by Crippen LogP contribution is 2.38. The summed E-state index contributed by atoms with van der Waals surface area (Å²) >= 11 is 5.92. The van der Waals surface area contributed by atoms with Crippen molar-refractivity contribution in [2.45, 2.75) is 12.3 Å². The number of carbonyl (C=O) groups is 1. The third-order valence-corrected chi connectivity index (χ3v) is 3.42. The molecule has 0 fully saturated rings. The Morgan fingerprint density at radius 3 is 2.71 bits per heavy atom. The van der Waals surface area contributed by atoms with Crippen molar-refractivity contribution in [3.63, 3.8) is 0 Å². The fraction of sp³-hybridized carbons (Fsp3) is 0.143. The number of rotatable bonds is 1. The van der Waals surface area contributed by atoms with E-state index in [1.165, 1.54) is 0 Å². The summed E-state index contributed by atoms with van der Waals surface area (Å²) in [5.74, 6) is 0.321. The highest BCUT2D eigenvalue weighted by Gasteiger charge is 2.30. The van der Waals surface area contributed by atoms with Crippen LogP contribution in [-0.2, 0) is 0 Å². The maximum atomic E-state index is 11.9. The summed E-state index contributed by atoms with van der Waals surface area (Å²) < 4.78 is 0. The minimum absolute atomic E-state index is 0.151. The van der Waals surface area contributed by atoms with E-state index < -0.39 is 0 Å². The molecule has 1 aliphatic carbocycles. The van der Waals surface area contributed by atoms with Gasteiger partial charge in [-0.15, -0.1) is 0 Å². The number of aromatic nitrogens is 1. The Morgan fingerprint density at radius 2 is 1.94 bits per heavy atom. The number of Topliss-reactive ketones (excluding diaryl/α,β-unsaturated/α-hetero) is 1. The van der Waals surface area contributed by atoms with E-state index >= 15 is 0 Å². The van der Waals surface area contributed by atoms with Crippen LogP contribution in [0.25, 0.3) is 0 Å². The van der Waals surface area contributed by atoms with Gasteiger partial charge in [-0.2, -0.15) is 0 Å². The molecule has 0 amide bonds.